The number of aromatic nitrogens is 2. The van der Waals surface area contributed by atoms with Crippen molar-refractivity contribution in [3.63, 3.8) is 0 Å². The molecule has 134 valence electrons. The van der Waals surface area contributed by atoms with Gasteiger partial charge in [-0.2, -0.15) is 4.39 Å². The SMILES string of the molecule is COc1cccc(Oc2cc(Cc3ccc(C)cc3C)c(Cl)nn2)c1F. The first-order chi connectivity index (χ1) is 12.5. The van der Waals surface area contributed by atoms with Gasteiger partial charge in [0.25, 0.3) is 0 Å². The van der Waals surface area contributed by atoms with E-state index in [-0.39, 0.29) is 17.4 Å². The van der Waals surface area contributed by atoms with E-state index in [0.29, 0.717) is 11.6 Å². The molecular weight excluding hydrogens is 355 g/mol. The molecular formula is C20H18ClFN2O2. The molecule has 0 aliphatic carbocycles. The molecule has 0 N–H and O–H groups in total. The Kier molecular flexibility index (Phi) is 5.38. The van der Waals surface area contributed by atoms with Crippen LogP contribution in [0.3, 0.4) is 0 Å². The van der Waals surface area contributed by atoms with Crippen LogP contribution in [0.15, 0.2) is 42.5 Å². The van der Waals surface area contributed by atoms with Crippen LogP contribution in [0.5, 0.6) is 17.4 Å². The summed E-state index contributed by atoms with van der Waals surface area (Å²) in [5, 5.41) is 8.12. The molecule has 0 radical (unpaired) electrons. The lowest BCUT2D eigenvalue weighted by Gasteiger charge is -2.11. The summed E-state index contributed by atoms with van der Waals surface area (Å²) >= 11 is 6.19. The number of methoxy groups -OCH3 is 1. The quantitative estimate of drug-likeness (QED) is 0.611. The average molecular weight is 373 g/mol. The number of rotatable bonds is 5. The van der Waals surface area contributed by atoms with Crippen molar-refractivity contribution in [2.24, 2.45) is 0 Å². The summed E-state index contributed by atoms with van der Waals surface area (Å²) in [6, 6.07) is 12.5. The van der Waals surface area contributed by atoms with Gasteiger partial charge in [0.15, 0.2) is 16.7 Å². The molecule has 0 saturated heterocycles. The molecule has 1 aromatic heterocycles. The molecule has 3 rings (SSSR count). The Morgan fingerprint density at radius 1 is 1.00 bits per heavy atom. The van der Waals surface area contributed by atoms with Crippen LogP contribution in [0.4, 0.5) is 4.39 Å². The number of hydrogen-bond donors (Lipinski definition) is 0. The van der Waals surface area contributed by atoms with Gasteiger partial charge in [-0.15, -0.1) is 10.2 Å². The highest BCUT2D eigenvalue weighted by molar-refractivity contribution is 6.30. The Labute approximate surface area is 156 Å². The van der Waals surface area contributed by atoms with Gasteiger partial charge in [-0.3, -0.25) is 0 Å². The number of nitrogens with zero attached hydrogens (tertiary/aromatic N) is 2. The zero-order chi connectivity index (χ0) is 18.7. The Bertz CT molecular complexity index is 947. The van der Waals surface area contributed by atoms with E-state index in [9.17, 15) is 4.39 Å². The fraction of sp³-hybridized carbons (Fsp3) is 0.200. The van der Waals surface area contributed by atoms with E-state index in [4.69, 9.17) is 21.1 Å². The number of hydrogen-bond acceptors (Lipinski definition) is 4. The fourth-order valence-corrected chi connectivity index (χ4v) is 2.82. The zero-order valence-corrected chi connectivity index (χ0v) is 15.5. The third-order valence-corrected chi connectivity index (χ3v) is 4.36. The minimum atomic E-state index is -0.595. The Hall–Kier alpha value is -2.66. The maximum absolute atomic E-state index is 14.3. The van der Waals surface area contributed by atoms with Gasteiger partial charge in [-0.1, -0.05) is 41.4 Å². The van der Waals surface area contributed by atoms with Crippen molar-refractivity contribution in [3.8, 4) is 17.4 Å². The van der Waals surface area contributed by atoms with E-state index in [0.717, 1.165) is 11.1 Å². The minimum absolute atomic E-state index is 0.0124. The Morgan fingerprint density at radius 3 is 2.50 bits per heavy atom. The van der Waals surface area contributed by atoms with E-state index >= 15 is 0 Å². The van der Waals surface area contributed by atoms with E-state index < -0.39 is 5.82 Å². The molecule has 0 amide bonds. The van der Waals surface area contributed by atoms with Gasteiger partial charge in [-0.05, 0) is 37.1 Å². The van der Waals surface area contributed by atoms with Crippen LogP contribution in [0, 0.1) is 19.7 Å². The third-order valence-electron chi connectivity index (χ3n) is 4.04. The van der Waals surface area contributed by atoms with Gasteiger partial charge >= 0.3 is 0 Å². The van der Waals surface area contributed by atoms with Crippen LogP contribution in [-0.2, 0) is 6.42 Å². The molecule has 1 heterocycles. The van der Waals surface area contributed by atoms with Crippen molar-refractivity contribution < 1.29 is 13.9 Å². The monoisotopic (exact) mass is 372 g/mol. The van der Waals surface area contributed by atoms with E-state index in [2.05, 4.69) is 22.3 Å². The first kappa shape index (κ1) is 18.1. The van der Waals surface area contributed by atoms with Gasteiger partial charge in [0.2, 0.25) is 11.7 Å². The second kappa shape index (κ2) is 7.70. The highest BCUT2D eigenvalue weighted by atomic mass is 35.5. The van der Waals surface area contributed by atoms with Crippen molar-refractivity contribution in [3.05, 3.63) is 75.7 Å². The molecule has 0 fully saturated rings. The summed E-state index contributed by atoms with van der Waals surface area (Å²) in [6.45, 7) is 4.10. The van der Waals surface area contributed by atoms with Gasteiger partial charge in [-0.25, -0.2) is 0 Å². The van der Waals surface area contributed by atoms with Gasteiger partial charge < -0.3 is 9.47 Å². The van der Waals surface area contributed by atoms with Crippen LogP contribution in [0.2, 0.25) is 5.15 Å². The van der Waals surface area contributed by atoms with Gasteiger partial charge in [0.05, 0.1) is 7.11 Å². The van der Waals surface area contributed by atoms with E-state index in [1.54, 1.807) is 12.1 Å². The molecule has 0 unspecified atom stereocenters. The molecule has 3 aromatic rings. The summed E-state index contributed by atoms with van der Waals surface area (Å²) < 4.78 is 24.8. The molecule has 0 aliphatic heterocycles. The fourth-order valence-electron chi connectivity index (χ4n) is 2.66. The zero-order valence-electron chi connectivity index (χ0n) is 14.7. The smallest absolute Gasteiger partial charge is 0.239 e. The van der Waals surface area contributed by atoms with Crippen molar-refractivity contribution >= 4 is 11.6 Å². The van der Waals surface area contributed by atoms with E-state index in [1.807, 2.05) is 19.9 Å². The summed E-state index contributed by atoms with van der Waals surface area (Å²) in [7, 11) is 1.40. The molecule has 2 aromatic carbocycles. The molecule has 0 saturated carbocycles. The summed E-state index contributed by atoms with van der Waals surface area (Å²) in [5.41, 5.74) is 4.25. The molecule has 6 heteroatoms. The van der Waals surface area contributed by atoms with Crippen molar-refractivity contribution in [2.75, 3.05) is 7.11 Å². The first-order valence-corrected chi connectivity index (χ1v) is 8.44. The lowest BCUT2D eigenvalue weighted by molar-refractivity contribution is 0.364. The topological polar surface area (TPSA) is 44.2 Å². The highest BCUT2D eigenvalue weighted by Crippen LogP contribution is 2.30. The lowest BCUT2D eigenvalue weighted by Crippen LogP contribution is -2.00. The molecule has 0 atom stereocenters. The summed E-state index contributed by atoms with van der Waals surface area (Å²) in [6.07, 6.45) is 0.581. The lowest BCUT2D eigenvalue weighted by atomic mass is 10.00. The van der Waals surface area contributed by atoms with E-state index in [1.165, 1.54) is 30.4 Å². The van der Waals surface area contributed by atoms with Crippen LogP contribution >= 0.6 is 11.6 Å². The molecule has 0 spiro atoms. The third kappa shape index (κ3) is 3.94. The average Bonchev–Trinajstić information content (AvgIpc) is 2.62. The second-order valence-corrected chi connectivity index (χ2v) is 6.34. The number of halogens is 2. The van der Waals surface area contributed by atoms with Gasteiger partial charge in [0, 0.05) is 18.1 Å². The predicted molar refractivity (Wildman–Crippen MR) is 98.8 cm³/mol. The largest absolute Gasteiger partial charge is 0.494 e. The summed E-state index contributed by atoms with van der Waals surface area (Å²) in [4.78, 5) is 0. The van der Waals surface area contributed by atoms with Crippen LogP contribution in [-0.4, -0.2) is 17.3 Å². The van der Waals surface area contributed by atoms with Crippen LogP contribution < -0.4 is 9.47 Å². The highest BCUT2D eigenvalue weighted by Gasteiger charge is 2.14. The standard InChI is InChI=1S/C20H18ClFN2O2/c1-12-7-8-14(13(2)9-12)10-15-11-18(23-24-20(15)21)26-17-6-4-5-16(25-3)19(17)22/h4-9,11H,10H2,1-3H3. The Balaban J connectivity index is 1.88. The van der Waals surface area contributed by atoms with Gasteiger partial charge in [0.1, 0.15) is 0 Å². The molecule has 0 bridgehead atoms. The van der Waals surface area contributed by atoms with Crippen molar-refractivity contribution in [2.45, 2.75) is 20.3 Å². The second-order valence-electron chi connectivity index (χ2n) is 5.98. The molecule has 0 aliphatic rings. The van der Waals surface area contributed by atoms with Crippen LogP contribution in [0.1, 0.15) is 22.3 Å². The number of ether oxygens (including phenoxy) is 2. The Morgan fingerprint density at radius 2 is 1.77 bits per heavy atom. The number of aryl methyl sites for hydroxylation is 2. The molecule has 4 nitrogen and oxygen atoms in total. The predicted octanol–water partition coefficient (Wildman–Crippen LogP) is 5.28. The maximum atomic E-state index is 14.3. The van der Waals surface area contributed by atoms with Crippen molar-refractivity contribution in [1.29, 1.82) is 0 Å². The first-order valence-electron chi connectivity index (χ1n) is 8.06. The molecule has 26 heavy (non-hydrogen) atoms. The number of benzene rings is 2. The maximum Gasteiger partial charge on any atom is 0.239 e. The normalized spacial score (nSPS) is 10.7. The van der Waals surface area contributed by atoms with Crippen LogP contribution in [0.25, 0.3) is 0 Å². The van der Waals surface area contributed by atoms with Crippen molar-refractivity contribution in [1.82, 2.24) is 10.2 Å². The summed E-state index contributed by atoms with van der Waals surface area (Å²) in [5.74, 6) is -0.317. The minimum Gasteiger partial charge on any atom is -0.494 e.